The monoisotopic (exact) mass is 468 g/mol. The molecule has 2 amide bonds. The topological polar surface area (TPSA) is 105 Å². The number of carbonyl (C=O) groups excluding carboxylic acids is 2. The average molecular weight is 469 g/mol. The number of hydrogen-bond donors (Lipinski definition) is 2. The summed E-state index contributed by atoms with van der Waals surface area (Å²) in [6, 6.07) is 16.3. The van der Waals surface area contributed by atoms with Crippen molar-refractivity contribution >= 4 is 18.0 Å². The van der Waals surface area contributed by atoms with Gasteiger partial charge in [0.15, 0.2) is 0 Å². The Morgan fingerprint density at radius 1 is 1.06 bits per heavy atom. The van der Waals surface area contributed by atoms with Crippen LogP contribution in [0.5, 0.6) is 0 Å². The van der Waals surface area contributed by atoms with Crippen molar-refractivity contribution in [1.29, 1.82) is 0 Å². The van der Waals surface area contributed by atoms with Crippen molar-refractivity contribution in [3.63, 3.8) is 0 Å². The van der Waals surface area contributed by atoms with Crippen LogP contribution in [0.2, 0.25) is 0 Å². The Labute approximate surface area is 199 Å². The highest BCUT2D eigenvalue weighted by atomic mass is 16.5. The molecule has 1 atom stereocenters. The van der Waals surface area contributed by atoms with Crippen LogP contribution in [0.15, 0.2) is 48.5 Å². The van der Waals surface area contributed by atoms with Crippen LogP contribution in [-0.2, 0) is 19.1 Å². The molecule has 0 aliphatic heterocycles. The zero-order valence-electron chi connectivity index (χ0n) is 19.7. The van der Waals surface area contributed by atoms with E-state index in [1.165, 1.54) is 23.1 Å². The number of carbonyl (C=O) groups is 3. The van der Waals surface area contributed by atoms with Gasteiger partial charge in [-0.2, -0.15) is 0 Å². The van der Waals surface area contributed by atoms with Crippen LogP contribution in [0.1, 0.15) is 36.8 Å². The van der Waals surface area contributed by atoms with Gasteiger partial charge < -0.3 is 24.8 Å². The number of aliphatic carboxylic acids is 1. The van der Waals surface area contributed by atoms with Crippen molar-refractivity contribution in [3.8, 4) is 11.1 Å². The quantitative estimate of drug-likeness (QED) is 0.494. The Bertz CT molecular complexity index is 963. The standard InChI is InChI=1S/C26H32N2O6/c1-18(11-12-24(29)28(13-14-33-2)16-25(30)31)15-27-26(32)34-17-23-21-9-5-3-7-19(21)20-8-4-6-10-22(20)23/h3-10,18,23H,11-17H2,1-2H3,(H,27,32)(H,30,31). The summed E-state index contributed by atoms with van der Waals surface area (Å²) in [5.41, 5.74) is 4.66. The van der Waals surface area contributed by atoms with Crippen molar-refractivity contribution in [2.45, 2.75) is 25.7 Å². The zero-order valence-corrected chi connectivity index (χ0v) is 19.7. The molecule has 0 aromatic heterocycles. The van der Waals surface area contributed by atoms with Crippen molar-refractivity contribution in [2.24, 2.45) is 5.92 Å². The van der Waals surface area contributed by atoms with Gasteiger partial charge in [-0.1, -0.05) is 55.5 Å². The minimum Gasteiger partial charge on any atom is -0.480 e. The molecule has 8 heteroatoms. The fraction of sp³-hybridized carbons (Fsp3) is 0.423. The van der Waals surface area contributed by atoms with Crippen LogP contribution < -0.4 is 5.32 Å². The number of benzene rings is 2. The molecular weight excluding hydrogens is 436 g/mol. The number of carboxylic acid groups (broad SMARTS) is 1. The molecular formula is C26H32N2O6. The molecule has 2 aromatic carbocycles. The van der Waals surface area contributed by atoms with Gasteiger partial charge in [-0.15, -0.1) is 0 Å². The molecule has 0 saturated heterocycles. The number of nitrogens with one attached hydrogen (secondary N) is 1. The van der Waals surface area contributed by atoms with Gasteiger partial charge in [-0.05, 0) is 34.6 Å². The minimum absolute atomic E-state index is 0.000475. The molecule has 0 heterocycles. The fourth-order valence-electron chi connectivity index (χ4n) is 4.19. The van der Waals surface area contributed by atoms with E-state index in [4.69, 9.17) is 14.6 Å². The number of ether oxygens (including phenoxy) is 2. The van der Waals surface area contributed by atoms with Gasteiger partial charge in [0.25, 0.3) is 0 Å². The van der Waals surface area contributed by atoms with Gasteiger partial charge in [0.05, 0.1) is 6.61 Å². The lowest BCUT2D eigenvalue weighted by Crippen LogP contribution is -2.38. The van der Waals surface area contributed by atoms with Gasteiger partial charge in [0.2, 0.25) is 5.91 Å². The van der Waals surface area contributed by atoms with E-state index in [9.17, 15) is 14.4 Å². The summed E-state index contributed by atoms with van der Waals surface area (Å²) in [6.07, 6.45) is 0.225. The first-order valence-corrected chi connectivity index (χ1v) is 11.5. The molecule has 1 aliphatic carbocycles. The Kier molecular flexibility index (Phi) is 9.04. The number of fused-ring (bicyclic) bond motifs is 3. The van der Waals surface area contributed by atoms with Crippen molar-refractivity contribution < 1.29 is 29.0 Å². The van der Waals surface area contributed by atoms with E-state index in [1.807, 2.05) is 31.2 Å². The highest BCUT2D eigenvalue weighted by Gasteiger charge is 2.29. The summed E-state index contributed by atoms with van der Waals surface area (Å²) >= 11 is 0. The molecule has 0 bridgehead atoms. The van der Waals surface area contributed by atoms with Gasteiger partial charge >= 0.3 is 12.1 Å². The third kappa shape index (κ3) is 6.57. The molecule has 2 N–H and O–H groups in total. The molecule has 182 valence electrons. The Balaban J connectivity index is 1.44. The molecule has 1 unspecified atom stereocenters. The highest BCUT2D eigenvalue weighted by Crippen LogP contribution is 2.44. The number of methoxy groups -OCH3 is 1. The third-order valence-electron chi connectivity index (χ3n) is 6.03. The molecule has 8 nitrogen and oxygen atoms in total. The van der Waals surface area contributed by atoms with E-state index < -0.39 is 12.1 Å². The second-order valence-corrected chi connectivity index (χ2v) is 8.55. The predicted molar refractivity (Wildman–Crippen MR) is 128 cm³/mol. The zero-order chi connectivity index (χ0) is 24.5. The number of amides is 2. The second-order valence-electron chi connectivity index (χ2n) is 8.55. The van der Waals surface area contributed by atoms with Crippen LogP contribution in [-0.4, -0.2) is 67.9 Å². The third-order valence-corrected chi connectivity index (χ3v) is 6.03. The summed E-state index contributed by atoms with van der Waals surface area (Å²) in [4.78, 5) is 37.0. The SMILES string of the molecule is COCCN(CC(=O)O)C(=O)CCC(C)CNC(=O)OCC1c2ccccc2-c2ccccc21. The fourth-order valence-corrected chi connectivity index (χ4v) is 4.19. The minimum atomic E-state index is -1.06. The molecule has 1 aliphatic rings. The normalized spacial score (nSPS) is 13.0. The van der Waals surface area contributed by atoms with E-state index in [0.29, 0.717) is 13.0 Å². The molecule has 34 heavy (non-hydrogen) atoms. The smallest absolute Gasteiger partial charge is 0.407 e. The number of rotatable bonds is 12. The molecule has 0 fully saturated rings. The maximum atomic E-state index is 12.4. The lowest BCUT2D eigenvalue weighted by Gasteiger charge is -2.21. The van der Waals surface area contributed by atoms with Crippen LogP contribution >= 0.6 is 0 Å². The van der Waals surface area contributed by atoms with Gasteiger partial charge in [0.1, 0.15) is 13.2 Å². The molecule has 0 radical (unpaired) electrons. The summed E-state index contributed by atoms with van der Waals surface area (Å²) in [5.74, 6) is -1.28. The van der Waals surface area contributed by atoms with Crippen LogP contribution in [0.3, 0.4) is 0 Å². The summed E-state index contributed by atoms with van der Waals surface area (Å²) in [6.45, 7) is 2.69. The Morgan fingerprint density at radius 2 is 1.68 bits per heavy atom. The number of hydrogen-bond acceptors (Lipinski definition) is 5. The van der Waals surface area contributed by atoms with E-state index >= 15 is 0 Å². The number of alkyl carbamates (subject to hydrolysis) is 1. The van der Waals surface area contributed by atoms with E-state index in [0.717, 1.165) is 11.1 Å². The molecule has 0 spiro atoms. The van der Waals surface area contributed by atoms with E-state index in [1.54, 1.807) is 0 Å². The highest BCUT2D eigenvalue weighted by molar-refractivity contribution is 5.81. The lowest BCUT2D eigenvalue weighted by molar-refractivity contribution is -0.145. The van der Waals surface area contributed by atoms with Crippen LogP contribution in [0, 0.1) is 5.92 Å². The number of nitrogens with zero attached hydrogens (tertiary/aromatic N) is 1. The summed E-state index contributed by atoms with van der Waals surface area (Å²) < 4.78 is 10.5. The van der Waals surface area contributed by atoms with Crippen molar-refractivity contribution in [2.75, 3.05) is 40.0 Å². The Hall–Kier alpha value is -3.39. The van der Waals surface area contributed by atoms with Gasteiger partial charge in [-0.3, -0.25) is 9.59 Å². The summed E-state index contributed by atoms with van der Waals surface area (Å²) in [7, 11) is 1.50. The lowest BCUT2D eigenvalue weighted by atomic mass is 9.98. The maximum Gasteiger partial charge on any atom is 0.407 e. The first kappa shape index (κ1) is 25.2. The van der Waals surface area contributed by atoms with Crippen molar-refractivity contribution in [3.05, 3.63) is 59.7 Å². The van der Waals surface area contributed by atoms with E-state index in [2.05, 4.69) is 29.6 Å². The first-order chi connectivity index (χ1) is 16.4. The van der Waals surface area contributed by atoms with E-state index in [-0.39, 0.29) is 50.5 Å². The van der Waals surface area contributed by atoms with Gasteiger partial charge in [0, 0.05) is 32.5 Å². The predicted octanol–water partition coefficient (Wildman–Crippen LogP) is 3.50. The van der Waals surface area contributed by atoms with Gasteiger partial charge in [-0.25, -0.2) is 4.79 Å². The average Bonchev–Trinajstić information content (AvgIpc) is 3.16. The molecule has 0 saturated carbocycles. The Morgan fingerprint density at radius 3 is 2.26 bits per heavy atom. The van der Waals surface area contributed by atoms with Crippen LogP contribution in [0.25, 0.3) is 11.1 Å². The maximum absolute atomic E-state index is 12.4. The summed E-state index contributed by atoms with van der Waals surface area (Å²) in [5, 5.41) is 11.8. The largest absolute Gasteiger partial charge is 0.480 e. The first-order valence-electron chi connectivity index (χ1n) is 11.5. The number of carboxylic acids is 1. The molecule has 2 aromatic rings. The van der Waals surface area contributed by atoms with Crippen molar-refractivity contribution in [1.82, 2.24) is 10.2 Å². The van der Waals surface area contributed by atoms with Crippen LogP contribution in [0.4, 0.5) is 4.79 Å². The second kappa shape index (κ2) is 12.2. The molecule has 3 rings (SSSR count).